The predicted molar refractivity (Wildman–Crippen MR) is 96.4 cm³/mol. The maximum Gasteiger partial charge on any atom is 0.253 e. The van der Waals surface area contributed by atoms with Crippen LogP contribution in [0.25, 0.3) is 0 Å². The molecular formula is C18H24N2O4. The Kier molecular flexibility index (Phi) is 5.84. The molecule has 6 nitrogen and oxygen atoms in total. The molecule has 1 N–H and O–H groups in total. The average molecular weight is 332 g/mol. The molecule has 0 saturated heterocycles. The van der Waals surface area contributed by atoms with Gasteiger partial charge in [-0.15, -0.1) is 0 Å². The van der Waals surface area contributed by atoms with E-state index in [-0.39, 0.29) is 0 Å². The van der Waals surface area contributed by atoms with Crippen LogP contribution in [0.2, 0.25) is 0 Å². The average Bonchev–Trinajstić information content (AvgIpc) is 2.62. The van der Waals surface area contributed by atoms with E-state index < -0.39 is 10.9 Å². The summed E-state index contributed by atoms with van der Waals surface area (Å²) in [7, 11) is 3.16. The van der Waals surface area contributed by atoms with Gasteiger partial charge in [0, 0.05) is 19.6 Å². The van der Waals surface area contributed by atoms with Crippen molar-refractivity contribution in [3.05, 3.63) is 44.2 Å². The second kappa shape index (κ2) is 7.86. The molecule has 0 unspecified atom stereocenters. The van der Waals surface area contributed by atoms with E-state index in [4.69, 9.17) is 9.47 Å². The molecule has 0 bridgehead atoms. The quantitative estimate of drug-likeness (QED) is 0.710. The van der Waals surface area contributed by atoms with E-state index in [1.54, 1.807) is 14.2 Å². The van der Waals surface area contributed by atoms with Crippen LogP contribution in [0.4, 0.5) is 11.4 Å². The Morgan fingerprint density at radius 2 is 1.75 bits per heavy atom. The molecule has 2 aromatic rings. The van der Waals surface area contributed by atoms with E-state index in [1.807, 2.05) is 36.9 Å². The van der Waals surface area contributed by atoms with Crippen molar-refractivity contribution in [3.8, 4) is 11.5 Å². The van der Waals surface area contributed by atoms with E-state index >= 15 is 0 Å². The summed E-state index contributed by atoms with van der Waals surface area (Å²) in [6.07, 6.45) is 0.918. The molecule has 0 aliphatic carbocycles. The van der Waals surface area contributed by atoms with Gasteiger partial charge in [0.1, 0.15) is 11.4 Å². The van der Waals surface area contributed by atoms with Crippen LogP contribution in [-0.4, -0.2) is 27.3 Å². The Balaban J connectivity index is 2.17. The lowest BCUT2D eigenvalue weighted by Gasteiger charge is -2.26. The third-order valence-electron chi connectivity index (χ3n) is 3.99. The summed E-state index contributed by atoms with van der Waals surface area (Å²) in [6.45, 7) is 5.91. The van der Waals surface area contributed by atoms with Gasteiger partial charge in [0.05, 0.1) is 14.2 Å². The van der Waals surface area contributed by atoms with Crippen molar-refractivity contribution in [1.29, 1.82) is 0 Å². The molecule has 0 aliphatic rings. The van der Waals surface area contributed by atoms with Gasteiger partial charge >= 0.3 is 0 Å². The second-order valence-electron chi connectivity index (χ2n) is 5.50. The van der Waals surface area contributed by atoms with Crippen molar-refractivity contribution >= 4 is 11.4 Å². The van der Waals surface area contributed by atoms with Crippen LogP contribution in [0, 0.1) is 0 Å². The van der Waals surface area contributed by atoms with Gasteiger partial charge in [-0.2, -0.15) is 0 Å². The summed E-state index contributed by atoms with van der Waals surface area (Å²) >= 11 is 0. The first-order valence-electron chi connectivity index (χ1n) is 8.10. The number of benzene rings is 1. The maximum absolute atomic E-state index is 11.9. The molecule has 0 radical (unpaired) electrons. The van der Waals surface area contributed by atoms with Gasteiger partial charge in [-0.1, -0.05) is 13.0 Å². The zero-order valence-corrected chi connectivity index (χ0v) is 14.6. The van der Waals surface area contributed by atoms with Gasteiger partial charge in [0.25, 0.3) is 10.9 Å². The van der Waals surface area contributed by atoms with E-state index in [9.17, 15) is 9.59 Å². The monoisotopic (exact) mass is 332 g/mol. The minimum atomic E-state index is -0.444. The highest BCUT2D eigenvalue weighted by atomic mass is 16.5. The van der Waals surface area contributed by atoms with Crippen molar-refractivity contribution in [2.24, 2.45) is 0 Å². The summed E-state index contributed by atoms with van der Waals surface area (Å²) in [5, 5.41) is 3.10. The zero-order chi connectivity index (χ0) is 17.7. The van der Waals surface area contributed by atoms with Gasteiger partial charge in [0.15, 0.2) is 11.5 Å². The number of rotatable bonds is 9. The molecule has 0 aliphatic heterocycles. The fraction of sp³-hybridized carbons (Fsp3) is 0.444. The minimum absolute atomic E-state index is 0.403. The van der Waals surface area contributed by atoms with Crippen molar-refractivity contribution in [2.75, 3.05) is 37.5 Å². The lowest BCUT2D eigenvalue weighted by molar-refractivity contribution is 0.354. The number of nitrogens with zero attached hydrogens (tertiary/aromatic N) is 1. The predicted octanol–water partition coefficient (Wildman–Crippen LogP) is 2.15. The fourth-order valence-corrected chi connectivity index (χ4v) is 2.72. The Labute approximate surface area is 141 Å². The molecule has 2 rings (SSSR count). The zero-order valence-electron chi connectivity index (χ0n) is 14.6. The molecule has 0 heterocycles. The molecule has 130 valence electrons. The fourth-order valence-electron chi connectivity index (χ4n) is 2.72. The lowest BCUT2D eigenvalue weighted by Crippen LogP contribution is -2.42. The van der Waals surface area contributed by atoms with Gasteiger partial charge in [-0.25, -0.2) is 0 Å². The Hall–Kier alpha value is -2.50. The molecule has 0 fully saturated rings. The van der Waals surface area contributed by atoms with E-state index in [2.05, 4.69) is 5.32 Å². The van der Waals surface area contributed by atoms with E-state index in [0.29, 0.717) is 36.0 Å². The van der Waals surface area contributed by atoms with Crippen LogP contribution in [0.15, 0.2) is 27.8 Å². The third-order valence-corrected chi connectivity index (χ3v) is 3.99. The molecule has 0 amide bonds. The number of methoxy groups -OCH3 is 2. The molecular weight excluding hydrogens is 308 g/mol. The Morgan fingerprint density at radius 1 is 1.04 bits per heavy atom. The van der Waals surface area contributed by atoms with E-state index in [0.717, 1.165) is 18.5 Å². The van der Waals surface area contributed by atoms with Crippen LogP contribution in [0.3, 0.4) is 0 Å². The second-order valence-corrected chi connectivity index (χ2v) is 5.50. The van der Waals surface area contributed by atoms with Crippen LogP contribution in [0.5, 0.6) is 11.5 Å². The maximum atomic E-state index is 11.9. The number of anilines is 2. The Bertz CT molecular complexity index is 763. The van der Waals surface area contributed by atoms with Gasteiger partial charge in [-0.05, 0) is 31.0 Å². The molecule has 24 heavy (non-hydrogen) atoms. The minimum Gasteiger partial charge on any atom is -0.493 e. The van der Waals surface area contributed by atoms with E-state index in [1.165, 1.54) is 0 Å². The summed E-state index contributed by atoms with van der Waals surface area (Å²) in [5.41, 5.74) is 1.00. The van der Waals surface area contributed by atoms with Crippen molar-refractivity contribution in [1.82, 2.24) is 0 Å². The lowest BCUT2D eigenvalue weighted by atomic mass is 10.1. The van der Waals surface area contributed by atoms with Crippen LogP contribution in [-0.2, 0) is 6.54 Å². The van der Waals surface area contributed by atoms with Crippen molar-refractivity contribution < 1.29 is 9.47 Å². The standard InChI is InChI=1S/C18H24N2O4/c1-5-9-20(6-2)16-15(17(21)18(16)22)19-11-12-7-8-13(23-3)14(10-12)24-4/h7-8,10,19H,5-6,9,11H2,1-4H3. The molecule has 0 aromatic heterocycles. The summed E-state index contributed by atoms with van der Waals surface area (Å²) < 4.78 is 10.5. The van der Waals surface area contributed by atoms with Gasteiger partial charge in [0.2, 0.25) is 0 Å². The summed E-state index contributed by atoms with van der Waals surface area (Å²) in [5.74, 6) is 1.28. The largest absolute Gasteiger partial charge is 0.493 e. The topological polar surface area (TPSA) is 67.9 Å². The molecule has 2 aromatic carbocycles. The van der Waals surface area contributed by atoms with Crippen molar-refractivity contribution in [3.63, 3.8) is 0 Å². The SMILES string of the molecule is CCCN(CC)c1c(NCc2ccc(OC)c(OC)c2)c(=O)c1=O. The highest BCUT2D eigenvalue weighted by Gasteiger charge is 2.24. The summed E-state index contributed by atoms with van der Waals surface area (Å²) in [6, 6.07) is 5.55. The highest BCUT2D eigenvalue weighted by molar-refractivity contribution is 5.75. The van der Waals surface area contributed by atoms with Gasteiger partial charge < -0.3 is 19.7 Å². The first-order valence-corrected chi connectivity index (χ1v) is 8.10. The normalized spacial score (nSPS) is 10.7. The number of ether oxygens (including phenoxy) is 2. The van der Waals surface area contributed by atoms with Crippen LogP contribution in [0.1, 0.15) is 25.8 Å². The summed E-state index contributed by atoms with van der Waals surface area (Å²) in [4.78, 5) is 25.8. The highest BCUT2D eigenvalue weighted by Crippen LogP contribution is 2.28. The first-order chi connectivity index (χ1) is 11.6. The molecule has 0 saturated carbocycles. The molecule has 6 heteroatoms. The van der Waals surface area contributed by atoms with Crippen LogP contribution >= 0.6 is 0 Å². The third kappa shape index (κ3) is 3.37. The molecule has 0 atom stereocenters. The van der Waals surface area contributed by atoms with Crippen LogP contribution < -0.4 is 30.5 Å². The number of nitrogens with one attached hydrogen (secondary N) is 1. The smallest absolute Gasteiger partial charge is 0.253 e. The number of hydrogen-bond donors (Lipinski definition) is 1. The molecule has 0 spiro atoms. The Morgan fingerprint density at radius 3 is 2.33 bits per heavy atom. The van der Waals surface area contributed by atoms with Crippen molar-refractivity contribution in [2.45, 2.75) is 26.8 Å². The van der Waals surface area contributed by atoms with Gasteiger partial charge in [-0.3, -0.25) is 9.59 Å². The first kappa shape index (κ1) is 17.8. The number of hydrogen-bond acceptors (Lipinski definition) is 6.